The highest BCUT2D eigenvalue weighted by molar-refractivity contribution is 6.47. The van der Waals surface area contributed by atoms with Crippen molar-refractivity contribution < 1.29 is 33.5 Å². The fourth-order valence-electron chi connectivity index (χ4n) is 2.73. The van der Waals surface area contributed by atoms with Crippen molar-refractivity contribution in [1.82, 2.24) is 0 Å². The standard InChI is InChI=1S/C17H22BNO7/c1-2-24-10-25-17(22)14-5-3-4-11-8-12(18(23)26-16(11)14)9-13(20)6-7-15(19)21/h3-5,12,23H,2,6-10H2,1H3,(H2,19,21)/t12-/m1/s1. The molecule has 3 N–H and O–H groups in total. The van der Waals surface area contributed by atoms with Gasteiger partial charge in [0.1, 0.15) is 17.1 Å². The van der Waals surface area contributed by atoms with Gasteiger partial charge in [0.2, 0.25) is 5.91 Å². The lowest BCUT2D eigenvalue weighted by atomic mass is 9.64. The zero-order chi connectivity index (χ0) is 19.1. The number of Topliss-reactive ketones (excluding diaryl/α,β-unsaturated/α-hetero) is 1. The monoisotopic (exact) mass is 363 g/mol. The van der Waals surface area contributed by atoms with Gasteiger partial charge < -0.3 is 24.9 Å². The number of rotatable bonds is 9. The summed E-state index contributed by atoms with van der Waals surface area (Å²) < 4.78 is 15.5. The summed E-state index contributed by atoms with van der Waals surface area (Å²) in [5, 5.41) is 10.2. The highest BCUT2D eigenvalue weighted by Crippen LogP contribution is 2.36. The molecule has 0 aliphatic carbocycles. The number of hydrogen-bond acceptors (Lipinski definition) is 7. The van der Waals surface area contributed by atoms with E-state index >= 15 is 0 Å². The maximum atomic E-state index is 12.1. The lowest BCUT2D eigenvalue weighted by Crippen LogP contribution is -2.36. The number of ketones is 1. The number of para-hydroxylation sites is 1. The van der Waals surface area contributed by atoms with Gasteiger partial charge in [0.05, 0.1) is 0 Å². The Hall–Kier alpha value is -2.39. The molecule has 1 atom stereocenters. The highest BCUT2D eigenvalue weighted by atomic mass is 16.7. The molecule has 0 saturated heterocycles. The maximum Gasteiger partial charge on any atom is 0.526 e. The number of primary amides is 1. The molecular formula is C17H22BNO7. The van der Waals surface area contributed by atoms with Crippen LogP contribution in [0, 0.1) is 0 Å². The molecule has 0 fully saturated rings. The van der Waals surface area contributed by atoms with Gasteiger partial charge in [-0.05, 0) is 25.0 Å². The van der Waals surface area contributed by atoms with Crippen LogP contribution >= 0.6 is 0 Å². The van der Waals surface area contributed by atoms with Crippen LogP contribution < -0.4 is 10.4 Å². The molecule has 2 rings (SSSR count). The predicted molar refractivity (Wildman–Crippen MR) is 92.5 cm³/mol. The van der Waals surface area contributed by atoms with Crippen LogP contribution in [0.2, 0.25) is 5.82 Å². The van der Waals surface area contributed by atoms with Gasteiger partial charge in [-0.3, -0.25) is 9.59 Å². The minimum Gasteiger partial charge on any atom is -0.535 e. The minimum atomic E-state index is -1.24. The Kier molecular flexibility index (Phi) is 7.17. The second kappa shape index (κ2) is 9.35. The van der Waals surface area contributed by atoms with Crippen LogP contribution in [0.1, 0.15) is 42.1 Å². The molecule has 26 heavy (non-hydrogen) atoms. The highest BCUT2D eigenvalue weighted by Gasteiger charge is 2.37. The lowest BCUT2D eigenvalue weighted by molar-refractivity contribution is -0.123. The van der Waals surface area contributed by atoms with E-state index < -0.39 is 24.8 Å². The molecule has 0 saturated carbocycles. The Morgan fingerprint density at radius 2 is 2.12 bits per heavy atom. The van der Waals surface area contributed by atoms with E-state index in [1.807, 2.05) is 0 Å². The summed E-state index contributed by atoms with van der Waals surface area (Å²) >= 11 is 0. The Labute approximate surface area is 151 Å². The third-order valence-electron chi connectivity index (χ3n) is 4.06. The predicted octanol–water partition coefficient (Wildman–Crippen LogP) is 0.848. The average Bonchev–Trinajstić information content (AvgIpc) is 2.60. The molecular weight excluding hydrogens is 341 g/mol. The van der Waals surface area contributed by atoms with Crippen molar-refractivity contribution in [2.45, 2.75) is 38.4 Å². The van der Waals surface area contributed by atoms with Gasteiger partial charge in [-0.2, -0.15) is 0 Å². The normalized spacial score (nSPS) is 15.8. The Bertz CT molecular complexity index is 679. The van der Waals surface area contributed by atoms with E-state index in [0.29, 0.717) is 18.6 Å². The Morgan fingerprint density at radius 3 is 2.81 bits per heavy atom. The van der Waals surface area contributed by atoms with E-state index in [2.05, 4.69) is 0 Å². The summed E-state index contributed by atoms with van der Waals surface area (Å²) in [6.45, 7) is 2.03. The first-order valence-electron chi connectivity index (χ1n) is 8.43. The molecule has 1 aliphatic heterocycles. The van der Waals surface area contributed by atoms with Crippen LogP contribution in [0.5, 0.6) is 5.75 Å². The minimum absolute atomic E-state index is 0.0189. The number of carbonyl (C=O) groups is 3. The molecule has 1 aromatic carbocycles. The van der Waals surface area contributed by atoms with Crippen molar-refractivity contribution in [1.29, 1.82) is 0 Å². The summed E-state index contributed by atoms with van der Waals surface area (Å²) in [5.74, 6) is -1.54. The first-order chi connectivity index (χ1) is 12.4. The van der Waals surface area contributed by atoms with Crippen LogP contribution in [0.25, 0.3) is 0 Å². The van der Waals surface area contributed by atoms with Crippen LogP contribution in [-0.4, -0.2) is 43.2 Å². The molecule has 0 bridgehead atoms. The largest absolute Gasteiger partial charge is 0.535 e. The number of ether oxygens (including phenoxy) is 2. The lowest BCUT2D eigenvalue weighted by Gasteiger charge is -2.28. The summed E-state index contributed by atoms with van der Waals surface area (Å²) in [4.78, 5) is 34.8. The Balaban J connectivity index is 2.05. The number of fused-ring (bicyclic) bond motifs is 1. The smallest absolute Gasteiger partial charge is 0.526 e. The third-order valence-corrected chi connectivity index (χ3v) is 4.06. The van der Waals surface area contributed by atoms with Crippen molar-refractivity contribution >= 4 is 24.8 Å². The number of nitrogens with two attached hydrogens (primary N) is 1. The molecule has 0 aromatic heterocycles. The van der Waals surface area contributed by atoms with Gasteiger partial charge in [0, 0.05) is 31.7 Å². The summed E-state index contributed by atoms with van der Waals surface area (Å²) in [6, 6.07) is 4.99. The molecule has 1 amide bonds. The number of amides is 1. The summed E-state index contributed by atoms with van der Waals surface area (Å²) in [5.41, 5.74) is 5.93. The van der Waals surface area contributed by atoms with Crippen LogP contribution in [-0.2, 0) is 25.5 Å². The SMILES string of the molecule is CCOCOC(=O)c1cccc2c1OB(O)[C@@H](CC(=O)CCC(N)=O)C2. The first-order valence-corrected chi connectivity index (χ1v) is 8.43. The number of esters is 1. The Morgan fingerprint density at radius 1 is 1.35 bits per heavy atom. The average molecular weight is 363 g/mol. The van der Waals surface area contributed by atoms with E-state index in [9.17, 15) is 19.4 Å². The third kappa shape index (κ3) is 5.30. The van der Waals surface area contributed by atoms with Gasteiger partial charge >= 0.3 is 13.1 Å². The van der Waals surface area contributed by atoms with E-state index in [4.69, 9.17) is 19.9 Å². The number of hydrogen-bond donors (Lipinski definition) is 2. The van der Waals surface area contributed by atoms with Crippen LogP contribution in [0.3, 0.4) is 0 Å². The second-order valence-corrected chi connectivity index (χ2v) is 6.02. The zero-order valence-electron chi connectivity index (χ0n) is 14.6. The van der Waals surface area contributed by atoms with Gasteiger partial charge in [-0.1, -0.05) is 12.1 Å². The quantitative estimate of drug-likeness (QED) is 0.288. The zero-order valence-corrected chi connectivity index (χ0v) is 14.6. The molecule has 0 radical (unpaired) electrons. The van der Waals surface area contributed by atoms with Gasteiger partial charge in [0.25, 0.3) is 0 Å². The van der Waals surface area contributed by atoms with Crippen LogP contribution in [0.15, 0.2) is 18.2 Å². The van der Waals surface area contributed by atoms with E-state index in [1.165, 1.54) is 6.07 Å². The fraction of sp³-hybridized carbons (Fsp3) is 0.471. The van der Waals surface area contributed by atoms with Crippen LogP contribution in [0.4, 0.5) is 0 Å². The van der Waals surface area contributed by atoms with E-state index in [1.54, 1.807) is 19.1 Å². The summed E-state index contributed by atoms with van der Waals surface area (Å²) in [7, 11) is -1.24. The van der Waals surface area contributed by atoms with Gasteiger partial charge in [-0.25, -0.2) is 4.79 Å². The molecule has 8 nitrogen and oxygen atoms in total. The number of benzene rings is 1. The van der Waals surface area contributed by atoms with Gasteiger partial charge in [0.15, 0.2) is 6.79 Å². The molecule has 9 heteroatoms. The fourth-order valence-corrected chi connectivity index (χ4v) is 2.73. The molecule has 0 unspecified atom stereocenters. The molecule has 1 aliphatic rings. The van der Waals surface area contributed by atoms with Crippen molar-refractivity contribution in [3.8, 4) is 5.75 Å². The van der Waals surface area contributed by atoms with Crippen molar-refractivity contribution in [2.75, 3.05) is 13.4 Å². The maximum absolute atomic E-state index is 12.1. The van der Waals surface area contributed by atoms with E-state index in [-0.39, 0.29) is 43.2 Å². The van der Waals surface area contributed by atoms with E-state index in [0.717, 1.165) is 0 Å². The topological polar surface area (TPSA) is 125 Å². The molecule has 1 heterocycles. The molecule has 0 spiro atoms. The molecule has 140 valence electrons. The number of carbonyl (C=O) groups excluding carboxylic acids is 3. The second-order valence-electron chi connectivity index (χ2n) is 6.02. The van der Waals surface area contributed by atoms with Crippen molar-refractivity contribution in [3.63, 3.8) is 0 Å². The van der Waals surface area contributed by atoms with Crippen molar-refractivity contribution in [2.24, 2.45) is 5.73 Å². The summed E-state index contributed by atoms with van der Waals surface area (Å²) in [6.07, 6.45) is 0.447. The van der Waals surface area contributed by atoms with Gasteiger partial charge in [-0.15, -0.1) is 0 Å². The first kappa shape index (κ1) is 19.9. The molecule has 1 aromatic rings. The van der Waals surface area contributed by atoms with Crippen molar-refractivity contribution in [3.05, 3.63) is 29.3 Å².